The number of rotatable bonds is 4. The molecule has 1 aliphatic rings. The van der Waals surface area contributed by atoms with Crippen LogP contribution >= 0.6 is 23.2 Å². The third-order valence-electron chi connectivity index (χ3n) is 4.02. The number of hydrogen-bond donors (Lipinski definition) is 2. The van der Waals surface area contributed by atoms with Gasteiger partial charge in [0, 0.05) is 29.7 Å². The van der Waals surface area contributed by atoms with Crippen molar-refractivity contribution in [2.24, 2.45) is 0 Å². The maximum absolute atomic E-state index is 12.6. The summed E-state index contributed by atoms with van der Waals surface area (Å²) in [5.74, 6) is 0.0458. The molecule has 2 rings (SSSR count). The predicted octanol–water partition coefficient (Wildman–Crippen LogP) is 2.84. The van der Waals surface area contributed by atoms with Crippen LogP contribution in [0.15, 0.2) is 18.2 Å². The quantitative estimate of drug-likeness (QED) is 0.882. The van der Waals surface area contributed by atoms with Gasteiger partial charge in [-0.1, -0.05) is 29.3 Å². The minimum Gasteiger partial charge on any atom is -0.393 e. The van der Waals surface area contributed by atoms with Crippen LogP contribution in [0.5, 0.6) is 0 Å². The Labute approximate surface area is 141 Å². The van der Waals surface area contributed by atoms with Crippen LogP contribution in [0.2, 0.25) is 10.0 Å². The Hall–Kier alpha value is -0.810. The Balaban J connectivity index is 1.96. The van der Waals surface area contributed by atoms with E-state index in [2.05, 4.69) is 5.32 Å². The minimum absolute atomic E-state index is 0.0458. The minimum atomic E-state index is -0.689. The molecule has 0 unspecified atom stereocenters. The molecule has 122 valence electrons. The average molecular weight is 345 g/mol. The van der Waals surface area contributed by atoms with Crippen LogP contribution in [0.1, 0.15) is 32.3 Å². The largest absolute Gasteiger partial charge is 0.393 e. The molecule has 1 fully saturated rings. The number of carbonyl (C=O) groups excluding carboxylic acids is 1. The highest BCUT2D eigenvalue weighted by atomic mass is 35.5. The Kier molecular flexibility index (Phi) is 5.72. The van der Waals surface area contributed by atoms with Crippen molar-refractivity contribution in [1.29, 1.82) is 0 Å². The maximum atomic E-state index is 12.6. The molecule has 1 amide bonds. The molecular formula is C16H22Cl2N2O2. The first kappa shape index (κ1) is 17.5. The lowest BCUT2D eigenvalue weighted by Crippen LogP contribution is -2.55. The predicted molar refractivity (Wildman–Crippen MR) is 89.2 cm³/mol. The lowest BCUT2D eigenvalue weighted by molar-refractivity contribution is -0.139. The number of likely N-dealkylation sites (tertiary alicyclic amines) is 1. The van der Waals surface area contributed by atoms with Crippen LogP contribution in [-0.4, -0.2) is 40.6 Å². The van der Waals surface area contributed by atoms with Crippen molar-refractivity contribution in [2.45, 2.75) is 44.9 Å². The van der Waals surface area contributed by atoms with E-state index in [1.54, 1.807) is 12.1 Å². The van der Waals surface area contributed by atoms with Gasteiger partial charge in [0.05, 0.1) is 11.6 Å². The van der Waals surface area contributed by atoms with Gasteiger partial charge < -0.3 is 10.0 Å². The van der Waals surface area contributed by atoms with Crippen molar-refractivity contribution in [3.05, 3.63) is 33.8 Å². The van der Waals surface area contributed by atoms with Crippen molar-refractivity contribution >= 4 is 29.1 Å². The van der Waals surface area contributed by atoms with E-state index in [1.807, 2.05) is 24.8 Å². The molecule has 22 heavy (non-hydrogen) atoms. The van der Waals surface area contributed by atoms with E-state index in [1.165, 1.54) is 0 Å². The summed E-state index contributed by atoms with van der Waals surface area (Å²) in [5.41, 5.74) is 0.214. The van der Waals surface area contributed by atoms with Gasteiger partial charge in [-0.3, -0.25) is 10.1 Å². The summed E-state index contributed by atoms with van der Waals surface area (Å²) in [6, 6.07) is 5.34. The van der Waals surface area contributed by atoms with Crippen molar-refractivity contribution in [1.82, 2.24) is 10.2 Å². The van der Waals surface area contributed by atoms with Gasteiger partial charge in [0.25, 0.3) is 0 Å². The average Bonchev–Trinajstić information content (AvgIpc) is 2.46. The van der Waals surface area contributed by atoms with Crippen LogP contribution < -0.4 is 5.32 Å². The SMILES string of the molecule is CC(C)(NCc1ccc(Cl)cc1Cl)C(=O)N1CCC(O)CC1. The van der Waals surface area contributed by atoms with Crippen LogP contribution in [0.4, 0.5) is 0 Å². The molecule has 0 aliphatic carbocycles. The summed E-state index contributed by atoms with van der Waals surface area (Å²) in [7, 11) is 0. The summed E-state index contributed by atoms with van der Waals surface area (Å²) in [6.45, 7) is 5.43. The number of halogens is 2. The van der Waals surface area contributed by atoms with Crippen LogP contribution in [0, 0.1) is 0 Å². The van der Waals surface area contributed by atoms with Crippen molar-refractivity contribution < 1.29 is 9.90 Å². The molecule has 1 saturated heterocycles. The molecule has 0 bridgehead atoms. The van der Waals surface area contributed by atoms with Crippen molar-refractivity contribution in [2.75, 3.05) is 13.1 Å². The zero-order chi connectivity index (χ0) is 16.3. The first-order chi connectivity index (χ1) is 10.3. The molecule has 0 radical (unpaired) electrons. The Morgan fingerprint density at radius 1 is 1.36 bits per heavy atom. The van der Waals surface area contributed by atoms with Gasteiger partial charge in [0.15, 0.2) is 0 Å². The highest BCUT2D eigenvalue weighted by molar-refractivity contribution is 6.35. The van der Waals surface area contributed by atoms with Gasteiger partial charge in [-0.15, -0.1) is 0 Å². The number of carbonyl (C=O) groups is 1. The normalized spacial score (nSPS) is 16.9. The van der Waals surface area contributed by atoms with Crippen LogP contribution in [-0.2, 0) is 11.3 Å². The molecule has 2 N–H and O–H groups in total. The second-order valence-electron chi connectivity index (χ2n) is 6.24. The second kappa shape index (κ2) is 7.18. The van der Waals surface area contributed by atoms with Crippen molar-refractivity contribution in [3.63, 3.8) is 0 Å². The smallest absolute Gasteiger partial charge is 0.242 e. The molecule has 1 aromatic carbocycles. The van der Waals surface area contributed by atoms with Crippen LogP contribution in [0.25, 0.3) is 0 Å². The number of piperidine rings is 1. The van der Waals surface area contributed by atoms with E-state index in [-0.39, 0.29) is 12.0 Å². The molecule has 1 aliphatic heterocycles. The van der Waals surface area contributed by atoms with E-state index >= 15 is 0 Å². The molecule has 1 aromatic rings. The van der Waals surface area contributed by atoms with E-state index in [0.29, 0.717) is 42.5 Å². The highest BCUT2D eigenvalue weighted by Crippen LogP contribution is 2.22. The van der Waals surface area contributed by atoms with E-state index in [9.17, 15) is 9.90 Å². The van der Waals surface area contributed by atoms with Gasteiger partial charge in [0.1, 0.15) is 0 Å². The molecule has 4 nitrogen and oxygen atoms in total. The standard InChI is InChI=1S/C16H22Cl2N2O2/c1-16(2,15(22)20-7-5-13(21)6-8-20)19-10-11-3-4-12(17)9-14(11)18/h3-4,9,13,19,21H,5-8,10H2,1-2H3. The molecule has 0 atom stereocenters. The van der Waals surface area contributed by atoms with E-state index in [0.717, 1.165) is 5.56 Å². The summed E-state index contributed by atoms with van der Waals surface area (Å²) in [5, 5.41) is 14.0. The third kappa shape index (κ3) is 4.35. The number of aliphatic hydroxyl groups is 1. The Bertz CT molecular complexity index is 541. The fraction of sp³-hybridized carbons (Fsp3) is 0.562. The topological polar surface area (TPSA) is 52.6 Å². The van der Waals surface area contributed by atoms with Gasteiger partial charge in [-0.25, -0.2) is 0 Å². The molecule has 0 spiro atoms. The number of aliphatic hydroxyl groups excluding tert-OH is 1. The number of benzene rings is 1. The van der Waals surface area contributed by atoms with Crippen LogP contribution in [0.3, 0.4) is 0 Å². The Morgan fingerprint density at radius 2 is 2.00 bits per heavy atom. The number of amides is 1. The van der Waals surface area contributed by atoms with Gasteiger partial charge in [0.2, 0.25) is 5.91 Å². The van der Waals surface area contributed by atoms with Gasteiger partial charge in [-0.05, 0) is 44.4 Å². The highest BCUT2D eigenvalue weighted by Gasteiger charge is 2.33. The third-order valence-corrected chi connectivity index (χ3v) is 4.61. The zero-order valence-corrected chi connectivity index (χ0v) is 14.4. The van der Waals surface area contributed by atoms with Crippen molar-refractivity contribution in [3.8, 4) is 0 Å². The summed E-state index contributed by atoms with van der Waals surface area (Å²) in [4.78, 5) is 14.4. The van der Waals surface area contributed by atoms with Gasteiger partial charge in [-0.2, -0.15) is 0 Å². The lowest BCUT2D eigenvalue weighted by Gasteiger charge is -2.36. The molecule has 6 heteroatoms. The molecule has 1 heterocycles. The first-order valence-corrected chi connectivity index (χ1v) is 8.21. The Morgan fingerprint density at radius 3 is 2.59 bits per heavy atom. The summed E-state index contributed by atoms with van der Waals surface area (Å²) in [6.07, 6.45) is 1.00. The molecular weight excluding hydrogens is 323 g/mol. The van der Waals surface area contributed by atoms with E-state index in [4.69, 9.17) is 23.2 Å². The number of nitrogens with one attached hydrogen (secondary N) is 1. The van der Waals surface area contributed by atoms with E-state index < -0.39 is 5.54 Å². The summed E-state index contributed by atoms with van der Waals surface area (Å²) < 4.78 is 0. The molecule has 0 aromatic heterocycles. The fourth-order valence-electron chi connectivity index (χ4n) is 2.52. The first-order valence-electron chi connectivity index (χ1n) is 7.46. The number of hydrogen-bond acceptors (Lipinski definition) is 3. The molecule has 0 saturated carbocycles. The number of nitrogens with zero attached hydrogens (tertiary/aromatic N) is 1. The maximum Gasteiger partial charge on any atom is 0.242 e. The monoisotopic (exact) mass is 344 g/mol. The fourth-order valence-corrected chi connectivity index (χ4v) is 3.00. The zero-order valence-electron chi connectivity index (χ0n) is 12.9. The van der Waals surface area contributed by atoms with Gasteiger partial charge >= 0.3 is 0 Å². The summed E-state index contributed by atoms with van der Waals surface area (Å²) >= 11 is 12.0. The second-order valence-corrected chi connectivity index (χ2v) is 7.08. The lowest BCUT2D eigenvalue weighted by atomic mass is 9.99.